The van der Waals surface area contributed by atoms with Gasteiger partial charge in [0.25, 0.3) is 10.0 Å². The van der Waals surface area contributed by atoms with Gasteiger partial charge in [0, 0.05) is 16.9 Å². The highest BCUT2D eigenvalue weighted by Gasteiger charge is 2.29. The van der Waals surface area contributed by atoms with Crippen LogP contribution in [0.25, 0.3) is 0 Å². The van der Waals surface area contributed by atoms with Gasteiger partial charge in [-0.1, -0.05) is 13.8 Å². The monoisotopic (exact) mass is 307 g/mol. The van der Waals surface area contributed by atoms with Crippen molar-refractivity contribution in [2.24, 2.45) is 0 Å². The molecule has 1 aromatic rings. The topological polar surface area (TPSA) is 95.1 Å². The van der Waals surface area contributed by atoms with Crippen LogP contribution in [0.1, 0.15) is 32.3 Å². The van der Waals surface area contributed by atoms with Crippen LogP contribution in [-0.4, -0.2) is 41.3 Å². The van der Waals surface area contributed by atoms with E-state index in [-0.39, 0.29) is 21.9 Å². The SMILES string of the molecule is CCC(CC)(CNS(=O)(=O)c1[nH]ncc1CO)SC. The van der Waals surface area contributed by atoms with Gasteiger partial charge in [-0.25, -0.2) is 13.1 Å². The summed E-state index contributed by atoms with van der Waals surface area (Å²) in [7, 11) is -3.66. The molecular weight excluding hydrogens is 286 g/mol. The first-order chi connectivity index (χ1) is 8.94. The summed E-state index contributed by atoms with van der Waals surface area (Å²) in [4.78, 5) is 0. The number of nitrogens with zero attached hydrogens (tertiary/aromatic N) is 1. The number of aliphatic hydroxyl groups excluding tert-OH is 1. The van der Waals surface area contributed by atoms with Crippen molar-refractivity contribution in [3.63, 3.8) is 0 Å². The highest BCUT2D eigenvalue weighted by molar-refractivity contribution is 8.00. The molecule has 0 aliphatic carbocycles. The zero-order chi connectivity index (χ0) is 14.5. The zero-order valence-electron chi connectivity index (χ0n) is 11.4. The fraction of sp³-hybridized carbons (Fsp3) is 0.727. The van der Waals surface area contributed by atoms with E-state index >= 15 is 0 Å². The molecule has 8 heteroatoms. The number of hydrogen-bond acceptors (Lipinski definition) is 5. The van der Waals surface area contributed by atoms with Crippen LogP contribution in [0, 0.1) is 0 Å². The molecule has 0 atom stereocenters. The van der Waals surface area contributed by atoms with Gasteiger partial charge in [0.05, 0.1) is 12.8 Å². The third-order valence-corrected chi connectivity index (χ3v) is 6.43. The second-order valence-corrected chi connectivity index (χ2v) is 7.28. The van der Waals surface area contributed by atoms with Crippen molar-refractivity contribution in [2.45, 2.75) is 43.1 Å². The lowest BCUT2D eigenvalue weighted by Crippen LogP contribution is -2.39. The van der Waals surface area contributed by atoms with E-state index in [0.717, 1.165) is 12.8 Å². The molecule has 0 saturated carbocycles. The number of nitrogens with one attached hydrogen (secondary N) is 2. The predicted molar refractivity (Wildman–Crippen MR) is 76.5 cm³/mol. The minimum Gasteiger partial charge on any atom is -0.392 e. The molecule has 0 spiro atoms. The van der Waals surface area contributed by atoms with Crippen LogP contribution < -0.4 is 4.72 Å². The van der Waals surface area contributed by atoms with Gasteiger partial charge in [-0.2, -0.15) is 16.9 Å². The molecule has 19 heavy (non-hydrogen) atoms. The molecule has 0 unspecified atom stereocenters. The van der Waals surface area contributed by atoms with E-state index in [1.54, 1.807) is 11.8 Å². The van der Waals surface area contributed by atoms with Gasteiger partial charge in [-0.05, 0) is 19.1 Å². The van der Waals surface area contributed by atoms with E-state index in [1.807, 2.05) is 20.1 Å². The summed E-state index contributed by atoms with van der Waals surface area (Å²) in [5.74, 6) is 0. The maximum Gasteiger partial charge on any atom is 0.257 e. The molecule has 0 amide bonds. The van der Waals surface area contributed by atoms with Gasteiger partial charge < -0.3 is 5.11 Å². The van der Waals surface area contributed by atoms with Crippen LogP contribution in [0.15, 0.2) is 11.2 Å². The molecule has 0 saturated heterocycles. The maximum atomic E-state index is 12.2. The van der Waals surface area contributed by atoms with Gasteiger partial charge in [0.1, 0.15) is 0 Å². The molecule has 0 fully saturated rings. The number of sulfonamides is 1. The molecule has 110 valence electrons. The normalized spacial score (nSPS) is 12.8. The minimum absolute atomic E-state index is 0.0581. The molecular formula is C11H21N3O3S2. The summed E-state index contributed by atoms with van der Waals surface area (Å²) < 4.78 is 26.8. The highest BCUT2D eigenvalue weighted by Crippen LogP contribution is 2.30. The number of H-pyrrole nitrogens is 1. The van der Waals surface area contributed by atoms with E-state index in [0.29, 0.717) is 6.54 Å². The average molecular weight is 307 g/mol. The Bertz CT molecular complexity index is 487. The molecule has 0 aromatic carbocycles. The van der Waals surface area contributed by atoms with Crippen molar-refractivity contribution in [3.05, 3.63) is 11.8 Å². The van der Waals surface area contributed by atoms with Gasteiger partial charge in [0.2, 0.25) is 0 Å². The lowest BCUT2D eigenvalue weighted by Gasteiger charge is -2.29. The number of hydrogen-bond donors (Lipinski definition) is 3. The minimum atomic E-state index is -3.66. The quantitative estimate of drug-likeness (QED) is 0.668. The van der Waals surface area contributed by atoms with E-state index in [1.165, 1.54) is 6.20 Å². The van der Waals surface area contributed by atoms with Crippen molar-refractivity contribution in [2.75, 3.05) is 12.8 Å². The maximum absolute atomic E-state index is 12.2. The number of thioether (sulfide) groups is 1. The standard InChI is InChI=1S/C11H21N3O3S2/c1-4-11(5-2,18-3)8-13-19(16,17)10-9(7-15)6-12-14-10/h6,13,15H,4-5,7-8H2,1-3H3,(H,12,14). The Morgan fingerprint density at radius 3 is 2.58 bits per heavy atom. The van der Waals surface area contributed by atoms with E-state index < -0.39 is 10.0 Å². The predicted octanol–water partition coefficient (Wildman–Crippen LogP) is 1.10. The Labute approximate surface area is 118 Å². The summed E-state index contributed by atoms with van der Waals surface area (Å²) in [5, 5.41) is 15.1. The summed E-state index contributed by atoms with van der Waals surface area (Å²) in [6.07, 6.45) is 5.05. The highest BCUT2D eigenvalue weighted by atomic mass is 32.2. The van der Waals surface area contributed by atoms with E-state index in [9.17, 15) is 8.42 Å². The lowest BCUT2D eigenvalue weighted by molar-refractivity contribution is 0.278. The number of aromatic nitrogens is 2. The Morgan fingerprint density at radius 2 is 2.11 bits per heavy atom. The Balaban J connectivity index is 2.87. The van der Waals surface area contributed by atoms with Gasteiger partial charge in [-0.3, -0.25) is 5.10 Å². The van der Waals surface area contributed by atoms with Crippen molar-refractivity contribution >= 4 is 21.8 Å². The molecule has 0 bridgehead atoms. The third-order valence-electron chi connectivity index (χ3n) is 3.42. The Morgan fingerprint density at radius 1 is 1.47 bits per heavy atom. The van der Waals surface area contributed by atoms with Crippen LogP contribution in [0.4, 0.5) is 0 Å². The van der Waals surface area contributed by atoms with Crippen LogP contribution in [0.2, 0.25) is 0 Å². The molecule has 1 rings (SSSR count). The van der Waals surface area contributed by atoms with Crippen LogP contribution >= 0.6 is 11.8 Å². The second kappa shape index (κ2) is 6.74. The fourth-order valence-corrected chi connectivity index (χ4v) is 3.94. The van der Waals surface area contributed by atoms with Crippen molar-refractivity contribution in [1.29, 1.82) is 0 Å². The molecule has 0 aliphatic heterocycles. The first-order valence-electron chi connectivity index (χ1n) is 6.12. The van der Waals surface area contributed by atoms with Gasteiger partial charge >= 0.3 is 0 Å². The molecule has 1 aromatic heterocycles. The zero-order valence-corrected chi connectivity index (χ0v) is 13.1. The molecule has 6 nitrogen and oxygen atoms in total. The van der Waals surface area contributed by atoms with E-state index in [4.69, 9.17) is 5.11 Å². The third kappa shape index (κ3) is 3.71. The molecule has 0 radical (unpaired) electrons. The van der Waals surface area contributed by atoms with Crippen LogP contribution in [0.5, 0.6) is 0 Å². The van der Waals surface area contributed by atoms with Crippen LogP contribution in [0.3, 0.4) is 0 Å². The first kappa shape index (κ1) is 16.5. The fourth-order valence-electron chi connectivity index (χ4n) is 1.80. The Hall–Kier alpha value is -0.570. The smallest absolute Gasteiger partial charge is 0.257 e. The number of rotatable bonds is 8. The number of aliphatic hydroxyl groups is 1. The first-order valence-corrected chi connectivity index (χ1v) is 8.83. The average Bonchev–Trinajstić information content (AvgIpc) is 2.90. The lowest BCUT2D eigenvalue weighted by atomic mass is 10.0. The molecule has 3 N–H and O–H groups in total. The van der Waals surface area contributed by atoms with Gasteiger partial charge in [-0.15, -0.1) is 0 Å². The summed E-state index contributed by atoms with van der Waals surface area (Å²) >= 11 is 1.66. The van der Waals surface area contributed by atoms with E-state index in [2.05, 4.69) is 14.9 Å². The number of aromatic amines is 1. The Kier molecular flexibility index (Phi) is 5.84. The summed E-state index contributed by atoms with van der Waals surface area (Å²) in [6.45, 7) is 4.09. The van der Waals surface area contributed by atoms with Gasteiger partial charge in [0.15, 0.2) is 5.03 Å². The molecule has 0 aliphatic rings. The second-order valence-electron chi connectivity index (χ2n) is 4.30. The van der Waals surface area contributed by atoms with Crippen LogP contribution in [-0.2, 0) is 16.6 Å². The summed E-state index contributed by atoms with van der Waals surface area (Å²) in [6, 6.07) is 0. The largest absolute Gasteiger partial charge is 0.392 e. The molecule has 1 heterocycles. The summed E-state index contributed by atoms with van der Waals surface area (Å²) in [5.41, 5.74) is 0.273. The van der Waals surface area contributed by atoms with Crippen molar-refractivity contribution in [3.8, 4) is 0 Å². The van der Waals surface area contributed by atoms with Crippen molar-refractivity contribution < 1.29 is 13.5 Å². The van der Waals surface area contributed by atoms with Crippen molar-refractivity contribution in [1.82, 2.24) is 14.9 Å².